The normalized spacial score (nSPS) is 24.1. The van der Waals surface area contributed by atoms with Gasteiger partial charge in [0.2, 0.25) is 0 Å². The molecule has 1 aliphatic carbocycles. The Morgan fingerprint density at radius 3 is 2.70 bits per heavy atom. The molecule has 0 aromatic heterocycles. The van der Waals surface area contributed by atoms with Gasteiger partial charge in [-0.05, 0) is 41.3 Å². The summed E-state index contributed by atoms with van der Waals surface area (Å²) in [5.74, 6) is 0. The Morgan fingerprint density at radius 2 is 1.85 bits per heavy atom. The van der Waals surface area contributed by atoms with Crippen LogP contribution in [0, 0.1) is 0 Å². The van der Waals surface area contributed by atoms with Gasteiger partial charge in [-0.2, -0.15) is 0 Å². The lowest BCUT2D eigenvalue weighted by Gasteiger charge is -2.43. The van der Waals surface area contributed by atoms with E-state index in [0.717, 1.165) is 13.0 Å². The van der Waals surface area contributed by atoms with Crippen LogP contribution in [0.25, 0.3) is 11.1 Å². The third-order valence-corrected chi connectivity index (χ3v) is 4.80. The second kappa shape index (κ2) is 4.44. The molecule has 0 fully saturated rings. The molecule has 2 unspecified atom stereocenters. The van der Waals surface area contributed by atoms with Crippen molar-refractivity contribution in [2.24, 2.45) is 0 Å². The van der Waals surface area contributed by atoms with E-state index in [-0.39, 0.29) is 6.10 Å². The van der Waals surface area contributed by atoms with Crippen LogP contribution in [-0.4, -0.2) is 25.6 Å². The highest BCUT2D eigenvalue weighted by molar-refractivity contribution is 5.76. The molecule has 0 bridgehead atoms. The maximum atomic E-state index is 5.90. The van der Waals surface area contributed by atoms with E-state index >= 15 is 0 Å². The summed E-state index contributed by atoms with van der Waals surface area (Å²) in [4.78, 5) is 2.44. The molecule has 2 aromatic carbocycles. The highest BCUT2D eigenvalue weighted by atomic mass is 16.5. The molecule has 20 heavy (non-hydrogen) atoms. The van der Waals surface area contributed by atoms with E-state index in [4.69, 9.17) is 4.74 Å². The summed E-state index contributed by atoms with van der Waals surface area (Å²) in [5.41, 5.74) is 7.01. The van der Waals surface area contributed by atoms with Gasteiger partial charge in [0.1, 0.15) is 6.10 Å². The highest BCUT2D eigenvalue weighted by Gasteiger charge is 2.39. The van der Waals surface area contributed by atoms with Gasteiger partial charge in [0.05, 0.1) is 6.04 Å². The number of rotatable bonds is 1. The Labute approximate surface area is 120 Å². The molecule has 2 nitrogen and oxygen atoms in total. The first-order valence-electron chi connectivity index (χ1n) is 7.25. The number of fused-ring (bicyclic) bond motifs is 2. The van der Waals surface area contributed by atoms with Crippen LogP contribution in [0.4, 0.5) is 0 Å². The zero-order valence-electron chi connectivity index (χ0n) is 12.0. The first-order valence-corrected chi connectivity index (χ1v) is 7.25. The number of ether oxygens (including phenoxy) is 1. The molecule has 0 N–H and O–H groups in total. The van der Waals surface area contributed by atoms with Crippen molar-refractivity contribution < 1.29 is 4.74 Å². The van der Waals surface area contributed by atoms with Crippen LogP contribution in [0.2, 0.25) is 0 Å². The van der Waals surface area contributed by atoms with Crippen LogP contribution in [0.1, 0.15) is 28.8 Å². The number of methoxy groups -OCH3 is 1. The molecular formula is C18H19NO. The minimum absolute atomic E-state index is 0.130. The van der Waals surface area contributed by atoms with Crippen molar-refractivity contribution in [1.82, 2.24) is 4.90 Å². The average molecular weight is 265 g/mol. The Morgan fingerprint density at radius 1 is 1.05 bits per heavy atom. The molecule has 2 heteroatoms. The first kappa shape index (κ1) is 12.1. The maximum absolute atomic E-state index is 5.90. The molecule has 102 valence electrons. The topological polar surface area (TPSA) is 12.5 Å². The van der Waals surface area contributed by atoms with Gasteiger partial charge in [0.15, 0.2) is 0 Å². The summed E-state index contributed by atoms with van der Waals surface area (Å²) in [6.07, 6.45) is 1.26. The predicted octanol–water partition coefficient (Wildman–Crippen LogP) is 3.58. The lowest BCUT2D eigenvalue weighted by Crippen LogP contribution is -2.38. The summed E-state index contributed by atoms with van der Waals surface area (Å²) in [7, 11) is 4.04. The van der Waals surface area contributed by atoms with Crippen LogP contribution < -0.4 is 0 Å². The summed E-state index contributed by atoms with van der Waals surface area (Å²) in [6, 6.07) is 15.7. The van der Waals surface area contributed by atoms with Gasteiger partial charge in [-0.1, -0.05) is 42.5 Å². The number of benzene rings is 2. The summed E-state index contributed by atoms with van der Waals surface area (Å²) in [5, 5.41) is 0. The summed E-state index contributed by atoms with van der Waals surface area (Å²) < 4.78 is 5.90. The fourth-order valence-electron chi connectivity index (χ4n) is 3.87. The van der Waals surface area contributed by atoms with Crippen LogP contribution in [0.5, 0.6) is 0 Å². The van der Waals surface area contributed by atoms with Gasteiger partial charge in [0, 0.05) is 13.7 Å². The molecule has 4 rings (SSSR count). The van der Waals surface area contributed by atoms with Crippen molar-refractivity contribution in [3.8, 4) is 11.1 Å². The molecule has 2 aliphatic rings. The summed E-state index contributed by atoms with van der Waals surface area (Å²) >= 11 is 0. The predicted molar refractivity (Wildman–Crippen MR) is 80.7 cm³/mol. The second-order valence-electron chi connectivity index (χ2n) is 5.80. The molecule has 0 saturated heterocycles. The zero-order valence-corrected chi connectivity index (χ0v) is 12.0. The van der Waals surface area contributed by atoms with Crippen LogP contribution in [0.15, 0.2) is 42.5 Å². The van der Waals surface area contributed by atoms with E-state index in [1.807, 2.05) is 7.11 Å². The third-order valence-electron chi connectivity index (χ3n) is 4.80. The van der Waals surface area contributed by atoms with E-state index in [0.29, 0.717) is 6.04 Å². The Balaban J connectivity index is 2.05. The minimum atomic E-state index is 0.130. The van der Waals surface area contributed by atoms with Gasteiger partial charge in [-0.15, -0.1) is 0 Å². The monoisotopic (exact) mass is 265 g/mol. The fraction of sp³-hybridized carbons (Fsp3) is 0.333. The van der Waals surface area contributed by atoms with E-state index in [9.17, 15) is 0 Å². The van der Waals surface area contributed by atoms with Gasteiger partial charge in [-0.25, -0.2) is 0 Å². The highest BCUT2D eigenvalue weighted by Crippen LogP contribution is 2.50. The maximum Gasteiger partial charge on any atom is 0.102 e. The molecule has 0 radical (unpaired) electrons. The Bertz CT molecular complexity index is 664. The SMILES string of the molecule is COC1c2ccccc2-c2cccc3c2C1N(C)CC3. The number of hydrogen-bond acceptors (Lipinski definition) is 2. The van der Waals surface area contributed by atoms with E-state index in [2.05, 4.69) is 54.4 Å². The van der Waals surface area contributed by atoms with E-state index < -0.39 is 0 Å². The lowest BCUT2D eigenvalue weighted by molar-refractivity contribution is 0.0156. The summed E-state index contributed by atoms with van der Waals surface area (Å²) in [6.45, 7) is 1.10. The zero-order chi connectivity index (χ0) is 13.7. The molecule has 0 amide bonds. The van der Waals surface area contributed by atoms with Crippen LogP contribution >= 0.6 is 0 Å². The molecule has 2 aromatic rings. The van der Waals surface area contributed by atoms with Crippen molar-refractivity contribution in [1.29, 1.82) is 0 Å². The smallest absolute Gasteiger partial charge is 0.102 e. The molecule has 0 saturated carbocycles. The molecule has 1 aliphatic heterocycles. The first-order chi connectivity index (χ1) is 9.81. The third kappa shape index (κ3) is 1.52. The average Bonchev–Trinajstić information content (AvgIpc) is 2.50. The van der Waals surface area contributed by atoms with Crippen molar-refractivity contribution in [2.45, 2.75) is 18.6 Å². The van der Waals surface area contributed by atoms with Gasteiger partial charge < -0.3 is 4.74 Å². The lowest BCUT2D eigenvalue weighted by atomic mass is 9.76. The minimum Gasteiger partial charge on any atom is -0.375 e. The number of hydrogen-bond donors (Lipinski definition) is 0. The molecule has 2 atom stereocenters. The Hall–Kier alpha value is -1.64. The standard InChI is InChI=1S/C18H19NO/c1-19-11-10-12-6-5-9-14-13-7-3-4-8-15(13)18(20-2)17(19)16(12)14/h3-9,17-18H,10-11H2,1-2H3. The van der Waals surface area contributed by atoms with Gasteiger partial charge in [0.25, 0.3) is 0 Å². The largest absolute Gasteiger partial charge is 0.375 e. The molecule has 1 heterocycles. The van der Waals surface area contributed by atoms with Crippen molar-refractivity contribution in [3.05, 3.63) is 59.2 Å². The quantitative estimate of drug-likeness (QED) is 0.781. The van der Waals surface area contributed by atoms with Gasteiger partial charge in [-0.3, -0.25) is 4.90 Å². The van der Waals surface area contributed by atoms with Crippen molar-refractivity contribution in [2.75, 3.05) is 20.7 Å². The van der Waals surface area contributed by atoms with Gasteiger partial charge >= 0.3 is 0 Å². The van der Waals surface area contributed by atoms with Crippen LogP contribution in [0.3, 0.4) is 0 Å². The van der Waals surface area contributed by atoms with Crippen molar-refractivity contribution in [3.63, 3.8) is 0 Å². The fourth-order valence-corrected chi connectivity index (χ4v) is 3.87. The van der Waals surface area contributed by atoms with Crippen LogP contribution in [-0.2, 0) is 11.2 Å². The number of likely N-dealkylation sites (N-methyl/N-ethyl adjacent to an activating group) is 1. The molecule has 0 spiro atoms. The van der Waals surface area contributed by atoms with E-state index in [1.165, 1.54) is 27.8 Å². The van der Waals surface area contributed by atoms with E-state index in [1.54, 1.807) is 0 Å². The second-order valence-corrected chi connectivity index (χ2v) is 5.80. The number of nitrogens with zero attached hydrogens (tertiary/aromatic N) is 1. The Kier molecular flexibility index (Phi) is 2.69. The molecular weight excluding hydrogens is 246 g/mol. The van der Waals surface area contributed by atoms with Crippen molar-refractivity contribution >= 4 is 0 Å².